The Morgan fingerprint density at radius 2 is 2.21 bits per heavy atom. The fraction of sp³-hybridized carbons (Fsp3) is 0.857. The summed E-state index contributed by atoms with van der Waals surface area (Å²) in [5, 5.41) is 2.83. The summed E-state index contributed by atoms with van der Waals surface area (Å²) in [6.07, 6.45) is 2.35. The van der Waals surface area contributed by atoms with Crippen LogP contribution in [0.2, 0.25) is 0 Å². The van der Waals surface area contributed by atoms with E-state index in [2.05, 4.69) is 12.2 Å². The molecule has 1 rings (SSSR count). The lowest BCUT2D eigenvalue weighted by atomic mass is 10.1. The minimum Gasteiger partial charge on any atom is -0.354 e. The number of hydrogen-bond acceptors (Lipinski definition) is 3. The quantitative estimate of drug-likeness (QED) is 0.751. The van der Waals surface area contributed by atoms with Crippen LogP contribution in [-0.2, 0) is 9.59 Å². The van der Waals surface area contributed by atoms with Gasteiger partial charge >= 0.3 is 0 Å². The van der Waals surface area contributed by atoms with Crippen molar-refractivity contribution in [1.82, 2.24) is 10.2 Å². The predicted octanol–water partition coefficient (Wildman–Crippen LogP) is 0.877. The topological polar surface area (TPSA) is 75.4 Å². The highest BCUT2D eigenvalue weighted by molar-refractivity contribution is 5.89. The van der Waals surface area contributed by atoms with Gasteiger partial charge in [0.05, 0.1) is 5.92 Å². The minimum atomic E-state index is -0.423. The molecule has 110 valence electrons. The van der Waals surface area contributed by atoms with Crippen LogP contribution in [0, 0.1) is 5.92 Å². The first-order valence-corrected chi connectivity index (χ1v) is 7.10. The smallest absolute Gasteiger partial charge is 0.225 e. The molecule has 0 aromatic heterocycles. The van der Waals surface area contributed by atoms with Gasteiger partial charge in [-0.15, -0.1) is 0 Å². The number of nitrogens with zero attached hydrogens (tertiary/aromatic N) is 1. The van der Waals surface area contributed by atoms with E-state index in [1.54, 1.807) is 0 Å². The minimum absolute atomic E-state index is 0.0573. The standard InChI is InChI=1S/C14H27N3O2/c1-5-6-10(2)17-8-11(7-12(17)18)13(19)16-9-14(3,4)15/h10-11H,5-9,15H2,1-4H3,(H,16,19). The van der Waals surface area contributed by atoms with Gasteiger partial charge < -0.3 is 16.0 Å². The van der Waals surface area contributed by atoms with Gasteiger partial charge in [-0.1, -0.05) is 13.3 Å². The van der Waals surface area contributed by atoms with Crippen molar-refractivity contribution >= 4 is 11.8 Å². The molecule has 5 nitrogen and oxygen atoms in total. The van der Waals surface area contributed by atoms with E-state index in [4.69, 9.17) is 5.73 Å². The molecule has 0 spiro atoms. The van der Waals surface area contributed by atoms with Crippen LogP contribution in [0.1, 0.15) is 47.0 Å². The zero-order valence-electron chi connectivity index (χ0n) is 12.5. The largest absolute Gasteiger partial charge is 0.354 e. The highest BCUT2D eigenvalue weighted by Crippen LogP contribution is 2.22. The lowest BCUT2D eigenvalue weighted by molar-refractivity contribution is -0.130. The molecule has 3 N–H and O–H groups in total. The molecule has 0 aromatic carbocycles. The number of rotatable bonds is 6. The zero-order chi connectivity index (χ0) is 14.6. The van der Waals surface area contributed by atoms with E-state index in [9.17, 15) is 9.59 Å². The third-order valence-corrected chi connectivity index (χ3v) is 3.49. The molecule has 2 amide bonds. The van der Waals surface area contributed by atoms with Crippen molar-refractivity contribution in [3.8, 4) is 0 Å². The maximum Gasteiger partial charge on any atom is 0.225 e. The summed E-state index contributed by atoms with van der Waals surface area (Å²) in [7, 11) is 0. The lowest BCUT2D eigenvalue weighted by Gasteiger charge is -2.24. The van der Waals surface area contributed by atoms with Crippen molar-refractivity contribution in [2.75, 3.05) is 13.1 Å². The van der Waals surface area contributed by atoms with E-state index < -0.39 is 5.54 Å². The maximum absolute atomic E-state index is 12.0. The SMILES string of the molecule is CCCC(C)N1CC(C(=O)NCC(C)(C)N)CC1=O. The van der Waals surface area contributed by atoms with Gasteiger partial charge in [-0.25, -0.2) is 0 Å². The molecule has 1 fully saturated rings. The molecule has 1 heterocycles. The summed E-state index contributed by atoms with van der Waals surface area (Å²) < 4.78 is 0. The van der Waals surface area contributed by atoms with E-state index in [1.807, 2.05) is 25.7 Å². The summed E-state index contributed by atoms with van der Waals surface area (Å²) in [5.41, 5.74) is 5.41. The molecule has 1 aliphatic rings. The van der Waals surface area contributed by atoms with Crippen LogP contribution in [0.3, 0.4) is 0 Å². The first-order chi connectivity index (χ1) is 8.74. The molecule has 5 heteroatoms. The Kier molecular flexibility index (Phi) is 5.35. The third-order valence-electron chi connectivity index (χ3n) is 3.49. The van der Waals surface area contributed by atoms with Gasteiger partial charge in [0.1, 0.15) is 0 Å². The van der Waals surface area contributed by atoms with Gasteiger partial charge in [0, 0.05) is 31.1 Å². The summed E-state index contributed by atoms with van der Waals surface area (Å²) in [5.74, 6) is -0.194. The first kappa shape index (κ1) is 16.0. The van der Waals surface area contributed by atoms with Crippen LogP contribution < -0.4 is 11.1 Å². The van der Waals surface area contributed by atoms with E-state index in [1.165, 1.54) is 0 Å². The van der Waals surface area contributed by atoms with Crippen LogP contribution in [0.25, 0.3) is 0 Å². The molecule has 0 aromatic rings. The number of likely N-dealkylation sites (tertiary alicyclic amines) is 1. The Balaban J connectivity index is 2.49. The van der Waals surface area contributed by atoms with Crippen molar-refractivity contribution in [1.29, 1.82) is 0 Å². The Labute approximate surface area is 115 Å². The number of carbonyl (C=O) groups is 2. The van der Waals surface area contributed by atoms with Gasteiger partial charge in [0.2, 0.25) is 11.8 Å². The van der Waals surface area contributed by atoms with Crippen LogP contribution >= 0.6 is 0 Å². The summed E-state index contributed by atoms with van der Waals surface area (Å²) >= 11 is 0. The molecule has 0 saturated carbocycles. The molecular formula is C14H27N3O2. The Hall–Kier alpha value is -1.10. The molecule has 0 bridgehead atoms. The molecule has 19 heavy (non-hydrogen) atoms. The predicted molar refractivity (Wildman–Crippen MR) is 75.5 cm³/mol. The van der Waals surface area contributed by atoms with Crippen LogP contribution in [0.15, 0.2) is 0 Å². The molecule has 1 aliphatic heterocycles. The van der Waals surface area contributed by atoms with Crippen molar-refractivity contribution in [2.24, 2.45) is 11.7 Å². The average molecular weight is 269 g/mol. The second-order valence-electron chi connectivity index (χ2n) is 6.29. The number of amides is 2. The van der Waals surface area contributed by atoms with Gasteiger partial charge in [-0.05, 0) is 27.2 Å². The third kappa shape index (κ3) is 4.82. The second-order valence-corrected chi connectivity index (χ2v) is 6.29. The van der Waals surface area contributed by atoms with Crippen molar-refractivity contribution in [2.45, 2.75) is 58.5 Å². The summed E-state index contributed by atoms with van der Waals surface area (Å²) in [6, 6.07) is 0.223. The molecule has 0 aliphatic carbocycles. The van der Waals surface area contributed by atoms with E-state index >= 15 is 0 Å². The van der Waals surface area contributed by atoms with E-state index in [0.29, 0.717) is 19.5 Å². The monoisotopic (exact) mass is 269 g/mol. The first-order valence-electron chi connectivity index (χ1n) is 7.10. The second kappa shape index (κ2) is 6.37. The van der Waals surface area contributed by atoms with Crippen molar-refractivity contribution < 1.29 is 9.59 Å². The lowest BCUT2D eigenvalue weighted by Crippen LogP contribution is -2.47. The summed E-state index contributed by atoms with van der Waals surface area (Å²) in [4.78, 5) is 25.8. The zero-order valence-corrected chi connectivity index (χ0v) is 12.5. The average Bonchev–Trinajstić information content (AvgIpc) is 2.67. The fourth-order valence-corrected chi connectivity index (χ4v) is 2.37. The number of hydrogen-bond donors (Lipinski definition) is 2. The summed E-state index contributed by atoms with van der Waals surface area (Å²) in [6.45, 7) is 8.85. The maximum atomic E-state index is 12.0. The molecule has 2 unspecified atom stereocenters. The molecule has 1 saturated heterocycles. The highest BCUT2D eigenvalue weighted by Gasteiger charge is 2.36. The van der Waals surface area contributed by atoms with Gasteiger partial charge in [0.15, 0.2) is 0 Å². The number of nitrogens with one attached hydrogen (secondary N) is 1. The highest BCUT2D eigenvalue weighted by atomic mass is 16.2. The van der Waals surface area contributed by atoms with E-state index in [-0.39, 0.29) is 23.8 Å². The van der Waals surface area contributed by atoms with Crippen LogP contribution in [-0.4, -0.2) is 41.4 Å². The Morgan fingerprint density at radius 3 is 2.74 bits per heavy atom. The fourth-order valence-electron chi connectivity index (χ4n) is 2.37. The van der Waals surface area contributed by atoms with Crippen LogP contribution in [0.5, 0.6) is 0 Å². The number of nitrogens with two attached hydrogens (primary N) is 1. The van der Waals surface area contributed by atoms with Crippen LogP contribution in [0.4, 0.5) is 0 Å². The number of carbonyl (C=O) groups excluding carboxylic acids is 2. The normalized spacial score (nSPS) is 21.6. The molecule has 0 radical (unpaired) electrons. The van der Waals surface area contributed by atoms with Crippen molar-refractivity contribution in [3.05, 3.63) is 0 Å². The van der Waals surface area contributed by atoms with Gasteiger partial charge in [-0.2, -0.15) is 0 Å². The molecule has 2 atom stereocenters. The Morgan fingerprint density at radius 1 is 1.58 bits per heavy atom. The van der Waals surface area contributed by atoms with Gasteiger partial charge in [0.25, 0.3) is 0 Å². The van der Waals surface area contributed by atoms with E-state index in [0.717, 1.165) is 12.8 Å². The van der Waals surface area contributed by atoms with Gasteiger partial charge in [-0.3, -0.25) is 9.59 Å². The molecular weight excluding hydrogens is 242 g/mol. The Bertz CT molecular complexity index is 336. The van der Waals surface area contributed by atoms with Crippen molar-refractivity contribution in [3.63, 3.8) is 0 Å².